The highest BCUT2D eigenvalue weighted by atomic mass is 19.4. The van der Waals surface area contributed by atoms with Crippen molar-refractivity contribution in [2.45, 2.75) is 19.1 Å². The van der Waals surface area contributed by atoms with Crippen LogP contribution >= 0.6 is 0 Å². The zero-order valence-electron chi connectivity index (χ0n) is 10.6. The van der Waals surface area contributed by atoms with Gasteiger partial charge in [-0.15, -0.1) is 0 Å². The van der Waals surface area contributed by atoms with Gasteiger partial charge in [-0.05, 0) is 18.6 Å². The first kappa shape index (κ1) is 14.4. The van der Waals surface area contributed by atoms with E-state index in [1.54, 1.807) is 0 Å². The monoisotopic (exact) mass is 289 g/mol. The van der Waals surface area contributed by atoms with E-state index >= 15 is 0 Å². The van der Waals surface area contributed by atoms with Crippen molar-refractivity contribution in [3.8, 4) is 0 Å². The lowest BCUT2D eigenvalue weighted by Crippen LogP contribution is -2.38. The molecule has 0 spiro atoms. The summed E-state index contributed by atoms with van der Waals surface area (Å²) in [6.07, 6.45) is -2.61. The second kappa shape index (κ2) is 5.56. The zero-order chi connectivity index (χ0) is 14.8. The second-order valence-electron chi connectivity index (χ2n) is 4.57. The number of aromatic nitrogens is 1. The van der Waals surface area contributed by atoms with E-state index in [0.717, 1.165) is 4.57 Å². The number of amides is 2. The SMILES string of the molecule is O=C1CN(C(=O)c2cccn2CC(F)(F)F)CCCN1. The lowest BCUT2D eigenvalue weighted by Gasteiger charge is -2.20. The Morgan fingerprint density at radius 2 is 2.15 bits per heavy atom. The lowest BCUT2D eigenvalue weighted by atomic mass is 10.3. The minimum absolute atomic E-state index is 0.0583. The molecule has 8 heteroatoms. The minimum Gasteiger partial charge on any atom is -0.354 e. The van der Waals surface area contributed by atoms with E-state index in [0.29, 0.717) is 19.5 Å². The smallest absolute Gasteiger partial charge is 0.354 e. The summed E-state index contributed by atoms with van der Waals surface area (Å²) in [5.74, 6) is -0.860. The van der Waals surface area contributed by atoms with Crippen LogP contribution in [0.4, 0.5) is 13.2 Å². The maximum absolute atomic E-state index is 12.4. The Morgan fingerprint density at radius 1 is 1.40 bits per heavy atom. The number of nitrogens with one attached hydrogen (secondary N) is 1. The summed E-state index contributed by atoms with van der Waals surface area (Å²) in [5.41, 5.74) is -0.0583. The average Bonchev–Trinajstić information content (AvgIpc) is 2.66. The first-order valence-corrected chi connectivity index (χ1v) is 6.15. The van der Waals surface area contributed by atoms with Crippen molar-refractivity contribution >= 4 is 11.8 Å². The normalized spacial score (nSPS) is 16.8. The van der Waals surface area contributed by atoms with E-state index in [1.807, 2.05) is 0 Å². The first-order valence-electron chi connectivity index (χ1n) is 6.15. The van der Waals surface area contributed by atoms with Crippen molar-refractivity contribution in [3.05, 3.63) is 24.0 Å². The number of carbonyl (C=O) groups is 2. The molecule has 0 atom stereocenters. The van der Waals surface area contributed by atoms with Gasteiger partial charge in [0.15, 0.2) is 0 Å². The third-order valence-electron chi connectivity index (χ3n) is 2.95. The van der Waals surface area contributed by atoms with Gasteiger partial charge in [0.1, 0.15) is 12.2 Å². The van der Waals surface area contributed by atoms with E-state index < -0.39 is 18.6 Å². The van der Waals surface area contributed by atoms with Crippen LogP contribution in [0.25, 0.3) is 0 Å². The van der Waals surface area contributed by atoms with Gasteiger partial charge in [0, 0.05) is 19.3 Å². The van der Waals surface area contributed by atoms with E-state index in [1.165, 1.54) is 23.2 Å². The molecule has 0 bridgehead atoms. The van der Waals surface area contributed by atoms with Crippen molar-refractivity contribution in [1.29, 1.82) is 0 Å². The van der Waals surface area contributed by atoms with Crippen molar-refractivity contribution in [2.75, 3.05) is 19.6 Å². The van der Waals surface area contributed by atoms with E-state index in [4.69, 9.17) is 0 Å². The van der Waals surface area contributed by atoms with Crippen LogP contribution in [-0.4, -0.2) is 47.1 Å². The summed E-state index contributed by atoms with van der Waals surface area (Å²) in [6.45, 7) is -0.544. The van der Waals surface area contributed by atoms with Gasteiger partial charge in [-0.25, -0.2) is 0 Å². The molecule has 1 saturated heterocycles. The maximum atomic E-state index is 12.4. The fraction of sp³-hybridized carbons (Fsp3) is 0.500. The number of carbonyl (C=O) groups excluding carboxylic acids is 2. The molecule has 0 radical (unpaired) electrons. The van der Waals surface area contributed by atoms with Gasteiger partial charge in [0.2, 0.25) is 5.91 Å². The van der Waals surface area contributed by atoms with E-state index in [9.17, 15) is 22.8 Å². The predicted octanol–water partition coefficient (Wildman–Crippen LogP) is 1.01. The maximum Gasteiger partial charge on any atom is 0.406 e. The molecule has 2 amide bonds. The molecule has 0 unspecified atom stereocenters. The number of hydrogen-bond acceptors (Lipinski definition) is 2. The molecule has 0 saturated carbocycles. The summed E-state index contributed by atoms with van der Waals surface area (Å²) in [6, 6.07) is 2.72. The highest BCUT2D eigenvalue weighted by Gasteiger charge is 2.30. The fourth-order valence-corrected chi connectivity index (χ4v) is 2.08. The molecule has 20 heavy (non-hydrogen) atoms. The number of hydrogen-bond donors (Lipinski definition) is 1. The van der Waals surface area contributed by atoms with Crippen molar-refractivity contribution in [3.63, 3.8) is 0 Å². The van der Waals surface area contributed by atoms with Gasteiger partial charge < -0.3 is 14.8 Å². The molecule has 5 nitrogen and oxygen atoms in total. The van der Waals surface area contributed by atoms with Crippen LogP contribution in [0.1, 0.15) is 16.9 Å². The summed E-state index contributed by atoms with van der Waals surface area (Å²) < 4.78 is 38.1. The Balaban J connectivity index is 2.16. The fourth-order valence-electron chi connectivity index (χ4n) is 2.08. The third kappa shape index (κ3) is 3.52. The molecular formula is C12H14F3N3O2. The van der Waals surface area contributed by atoms with Gasteiger partial charge in [-0.3, -0.25) is 9.59 Å². The second-order valence-corrected chi connectivity index (χ2v) is 4.57. The van der Waals surface area contributed by atoms with E-state index in [-0.39, 0.29) is 18.1 Å². The number of alkyl halides is 3. The first-order chi connectivity index (χ1) is 9.37. The largest absolute Gasteiger partial charge is 0.406 e. The zero-order valence-corrected chi connectivity index (χ0v) is 10.6. The molecule has 2 rings (SSSR count). The van der Waals surface area contributed by atoms with Crippen LogP contribution in [0.5, 0.6) is 0 Å². The minimum atomic E-state index is -4.40. The quantitative estimate of drug-likeness (QED) is 0.883. The number of rotatable bonds is 2. The molecule has 1 aliphatic heterocycles. The van der Waals surface area contributed by atoms with Gasteiger partial charge >= 0.3 is 6.18 Å². The Hall–Kier alpha value is -1.99. The number of nitrogens with zero attached hydrogens (tertiary/aromatic N) is 2. The van der Waals surface area contributed by atoms with Crippen LogP contribution in [-0.2, 0) is 11.3 Å². The molecule has 1 aromatic rings. The van der Waals surface area contributed by atoms with Crippen molar-refractivity contribution in [2.24, 2.45) is 0 Å². The third-order valence-corrected chi connectivity index (χ3v) is 2.95. The average molecular weight is 289 g/mol. The predicted molar refractivity (Wildman–Crippen MR) is 64.0 cm³/mol. The molecule has 1 fully saturated rings. The van der Waals surface area contributed by atoms with Crippen molar-refractivity contribution < 1.29 is 22.8 Å². The molecule has 0 aromatic carbocycles. The van der Waals surface area contributed by atoms with Crippen molar-refractivity contribution in [1.82, 2.24) is 14.8 Å². The molecular weight excluding hydrogens is 275 g/mol. The summed E-state index contributed by atoms with van der Waals surface area (Å²) in [7, 11) is 0. The molecule has 1 aromatic heterocycles. The van der Waals surface area contributed by atoms with Crippen LogP contribution in [0.2, 0.25) is 0 Å². The summed E-state index contributed by atoms with van der Waals surface area (Å²) in [5, 5.41) is 2.61. The van der Waals surface area contributed by atoms with Gasteiger partial charge in [0.25, 0.3) is 5.91 Å². The Bertz CT molecular complexity index is 510. The van der Waals surface area contributed by atoms with Crippen LogP contribution in [0.3, 0.4) is 0 Å². The highest BCUT2D eigenvalue weighted by molar-refractivity contribution is 5.95. The molecule has 2 heterocycles. The Kier molecular flexibility index (Phi) is 4.01. The van der Waals surface area contributed by atoms with Crippen LogP contribution < -0.4 is 5.32 Å². The Morgan fingerprint density at radius 3 is 2.85 bits per heavy atom. The van der Waals surface area contributed by atoms with Gasteiger partial charge in [-0.1, -0.05) is 0 Å². The molecule has 1 aliphatic rings. The topological polar surface area (TPSA) is 54.3 Å². The van der Waals surface area contributed by atoms with Crippen LogP contribution in [0.15, 0.2) is 18.3 Å². The molecule has 1 N–H and O–H groups in total. The highest BCUT2D eigenvalue weighted by Crippen LogP contribution is 2.19. The standard InChI is InChI=1S/C12H14F3N3O2/c13-12(14,15)8-18-5-1-3-9(18)11(20)17-6-2-4-16-10(19)7-17/h1,3,5H,2,4,6-8H2,(H,16,19). The van der Waals surface area contributed by atoms with E-state index in [2.05, 4.69) is 5.32 Å². The molecule has 0 aliphatic carbocycles. The van der Waals surface area contributed by atoms with Gasteiger partial charge in [0.05, 0.1) is 6.54 Å². The lowest BCUT2D eigenvalue weighted by molar-refractivity contribution is -0.140. The summed E-state index contributed by atoms with van der Waals surface area (Å²) in [4.78, 5) is 24.9. The van der Waals surface area contributed by atoms with Crippen LogP contribution in [0, 0.1) is 0 Å². The Labute approximate surface area is 113 Å². The number of halogens is 3. The summed E-state index contributed by atoms with van der Waals surface area (Å²) >= 11 is 0. The molecule has 110 valence electrons. The van der Waals surface area contributed by atoms with Gasteiger partial charge in [-0.2, -0.15) is 13.2 Å².